The number of nitrogens with zero attached hydrogens (tertiary/aromatic N) is 2. The number of carbonyl (C=O) groups is 1. The minimum atomic E-state index is -4.48. The number of hydrogen-bond acceptors (Lipinski definition) is 4. The predicted molar refractivity (Wildman–Crippen MR) is 84.9 cm³/mol. The van der Waals surface area contributed by atoms with Crippen LogP contribution in [0.25, 0.3) is 0 Å². The van der Waals surface area contributed by atoms with Crippen molar-refractivity contribution in [2.24, 2.45) is 5.41 Å². The van der Waals surface area contributed by atoms with Gasteiger partial charge in [-0.15, -0.1) is 0 Å². The van der Waals surface area contributed by atoms with Gasteiger partial charge in [0.05, 0.1) is 11.6 Å². The second kappa shape index (κ2) is 6.67. The van der Waals surface area contributed by atoms with E-state index >= 15 is 0 Å². The number of halogens is 3. The first-order valence-electron chi connectivity index (χ1n) is 7.83. The highest BCUT2D eigenvalue weighted by Crippen LogP contribution is 2.45. The van der Waals surface area contributed by atoms with E-state index in [9.17, 15) is 18.0 Å². The van der Waals surface area contributed by atoms with E-state index in [-0.39, 0.29) is 24.1 Å². The molecule has 0 aliphatic heterocycles. The van der Waals surface area contributed by atoms with Gasteiger partial charge in [0.25, 0.3) is 0 Å². The van der Waals surface area contributed by atoms with Crippen molar-refractivity contribution < 1.29 is 22.7 Å². The van der Waals surface area contributed by atoms with Gasteiger partial charge in [0.15, 0.2) is 0 Å². The lowest BCUT2D eigenvalue weighted by Gasteiger charge is -2.13. The molecule has 0 saturated heterocycles. The van der Waals surface area contributed by atoms with E-state index in [1.165, 1.54) is 18.3 Å². The van der Waals surface area contributed by atoms with E-state index < -0.39 is 17.2 Å². The zero-order valence-corrected chi connectivity index (χ0v) is 13.5. The van der Waals surface area contributed by atoms with E-state index in [1.54, 1.807) is 12.1 Å². The predicted octanol–water partition coefficient (Wildman–Crippen LogP) is 3.81. The molecular formula is C18H14F3N3O2. The highest BCUT2D eigenvalue weighted by Gasteiger charge is 2.50. The average Bonchev–Trinajstić information content (AvgIpc) is 3.41. The summed E-state index contributed by atoms with van der Waals surface area (Å²) in [5.41, 5.74) is -1.29. The largest absolute Gasteiger partial charge is 0.439 e. The molecule has 1 aromatic heterocycles. The van der Waals surface area contributed by atoms with Crippen LogP contribution in [-0.4, -0.2) is 10.9 Å². The molecule has 1 aliphatic carbocycles. The van der Waals surface area contributed by atoms with Crippen LogP contribution in [0.15, 0.2) is 42.6 Å². The van der Waals surface area contributed by atoms with E-state index in [0.717, 1.165) is 12.1 Å². The lowest BCUT2D eigenvalue weighted by molar-refractivity contribution is -0.137. The molecule has 5 nitrogen and oxygen atoms in total. The zero-order chi connectivity index (χ0) is 18.8. The number of amides is 1. The lowest BCUT2D eigenvalue weighted by Crippen LogP contribution is -2.30. The second-order valence-electron chi connectivity index (χ2n) is 5.97. The van der Waals surface area contributed by atoms with Crippen molar-refractivity contribution in [3.63, 3.8) is 0 Å². The standard InChI is InChI=1S/C18H14F3N3O2/c19-18(20,21)13-4-1-5-14(9-13)26-15-12(3-2-8-23-15)10-24-16(25)17(11-22)6-7-17/h1-5,8-9H,6-7,10H2,(H,24,25). The number of pyridine rings is 1. The van der Waals surface area contributed by atoms with Crippen molar-refractivity contribution in [1.82, 2.24) is 10.3 Å². The molecular weight excluding hydrogens is 347 g/mol. The number of nitriles is 1. The lowest BCUT2D eigenvalue weighted by atomic mass is 10.1. The highest BCUT2D eigenvalue weighted by molar-refractivity contribution is 5.88. The Bertz CT molecular complexity index is 870. The van der Waals surface area contributed by atoms with Crippen LogP contribution in [0.2, 0.25) is 0 Å². The van der Waals surface area contributed by atoms with Crippen LogP contribution in [0.4, 0.5) is 13.2 Å². The number of hydrogen-bond donors (Lipinski definition) is 1. The molecule has 8 heteroatoms. The van der Waals surface area contributed by atoms with E-state index in [4.69, 9.17) is 10.00 Å². The normalized spacial score (nSPS) is 15.0. The minimum absolute atomic E-state index is 0.0122. The SMILES string of the molecule is N#CC1(C(=O)NCc2cccnc2Oc2cccc(C(F)(F)F)c2)CC1. The van der Waals surface area contributed by atoms with Gasteiger partial charge in [-0.2, -0.15) is 18.4 Å². The zero-order valence-electron chi connectivity index (χ0n) is 13.5. The monoisotopic (exact) mass is 361 g/mol. The van der Waals surface area contributed by atoms with Crippen molar-refractivity contribution in [2.75, 3.05) is 0 Å². The summed E-state index contributed by atoms with van der Waals surface area (Å²) in [5.74, 6) is -0.287. The molecule has 0 atom stereocenters. The van der Waals surface area contributed by atoms with Gasteiger partial charge in [-0.05, 0) is 37.1 Å². The summed E-state index contributed by atoms with van der Waals surface area (Å²) in [6, 6.07) is 9.72. The van der Waals surface area contributed by atoms with Crippen molar-refractivity contribution in [3.8, 4) is 17.7 Å². The quantitative estimate of drug-likeness (QED) is 0.879. The summed E-state index contributed by atoms with van der Waals surface area (Å²) >= 11 is 0. The summed E-state index contributed by atoms with van der Waals surface area (Å²) in [7, 11) is 0. The van der Waals surface area contributed by atoms with Crippen LogP contribution in [0.5, 0.6) is 11.6 Å². The fraction of sp³-hybridized carbons (Fsp3) is 0.278. The van der Waals surface area contributed by atoms with Crippen LogP contribution >= 0.6 is 0 Å². The van der Waals surface area contributed by atoms with Gasteiger partial charge in [-0.25, -0.2) is 4.98 Å². The van der Waals surface area contributed by atoms with Crippen molar-refractivity contribution in [1.29, 1.82) is 5.26 Å². The Morgan fingerprint density at radius 1 is 1.31 bits per heavy atom. The van der Waals surface area contributed by atoms with Gasteiger partial charge in [-0.3, -0.25) is 4.79 Å². The first kappa shape index (κ1) is 17.7. The molecule has 1 saturated carbocycles. The molecule has 0 spiro atoms. The number of rotatable bonds is 5. The van der Waals surface area contributed by atoms with Crippen molar-refractivity contribution >= 4 is 5.91 Å². The average molecular weight is 361 g/mol. The number of aromatic nitrogens is 1. The molecule has 1 aromatic carbocycles. The smallest absolute Gasteiger partial charge is 0.416 e. The topological polar surface area (TPSA) is 75.0 Å². The summed E-state index contributed by atoms with van der Waals surface area (Å²) in [6.07, 6.45) is -1.99. The van der Waals surface area contributed by atoms with Gasteiger partial charge in [0.1, 0.15) is 11.2 Å². The molecule has 0 radical (unpaired) electrons. The maximum Gasteiger partial charge on any atom is 0.416 e. The fourth-order valence-electron chi connectivity index (χ4n) is 2.36. The highest BCUT2D eigenvalue weighted by atomic mass is 19.4. The van der Waals surface area contributed by atoms with E-state index in [1.807, 2.05) is 6.07 Å². The van der Waals surface area contributed by atoms with Crippen LogP contribution < -0.4 is 10.1 Å². The minimum Gasteiger partial charge on any atom is -0.439 e. The summed E-state index contributed by atoms with van der Waals surface area (Å²) < 4.78 is 43.9. The molecule has 1 fully saturated rings. The Kier molecular flexibility index (Phi) is 4.55. The van der Waals surface area contributed by atoms with E-state index in [2.05, 4.69) is 10.3 Å². The Balaban J connectivity index is 1.74. The van der Waals surface area contributed by atoms with E-state index in [0.29, 0.717) is 18.4 Å². The summed E-state index contributed by atoms with van der Waals surface area (Å²) in [4.78, 5) is 16.1. The molecule has 1 N–H and O–H groups in total. The van der Waals surface area contributed by atoms with Crippen LogP contribution in [0.1, 0.15) is 24.0 Å². The Morgan fingerprint density at radius 3 is 2.73 bits per heavy atom. The molecule has 3 rings (SSSR count). The fourth-order valence-corrected chi connectivity index (χ4v) is 2.36. The van der Waals surface area contributed by atoms with Gasteiger partial charge >= 0.3 is 6.18 Å². The first-order valence-corrected chi connectivity index (χ1v) is 7.83. The van der Waals surface area contributed by atoms with Gasteiger partial charge < -0.3 is 10.1 Å². The number of ether oxygens (including phenoxy) is 1. The number of benzene rings is 1. The Morgan fingerprint density at radius 2 is 2.08 bits per heavy atom. The first-order chi connectivity index (χ1) is 12.3. The maximum atomic E-state index is 12.8. The third-order valence-electron chi connectivity index (χ3n) is 4.06. The number of nitrogens with one attached hydrogen (secondary N) is 1. The Hall–Kier alpha value is -3.08. The van der Waals surface area contributed by atoms with Gasteiger partial charge in [0.2, 0.25) is 11.8 Å². The molecule has 0 unspecified atom stereocenters. The summed E-state index contributed by atoms with van der Waals surface area (Å²) in [6.45, 7) is 0.0599. The number of carbonyl (C=O) groups excluding carboxylic acids is 1. The molecule has 1 heterocycles. The second-order valence-corrected chi connectivity index (χ2v) is 5.97. The maximum absolute atomic E-state index is 12.8. The third-order valence-corrected chi connectivity index (χ3v) is 4.06. The molecule has 134 valence electrons. The molecule has 1 aliphatic rings. The molecule has 0 bridgehead atoms. The van der Waals surface area contributed by atoms with Gasteiger partial charge in [0, 0.05) is 18.3 Å². The Labute approximate surface area is 147 Å². The molecule has 2 aromatic rings. The van der Waals surface area contributed by atoms with Crippen molar-refractivity contribution in [2.45, 2.75) is 25.6 Å². The van der Waals surface area contributed by atoms with Crippen molar-refractivity contribution in [3.05, 3.63) is 53.7 Å². The third kappa shape index (κ3) is 3.77. The van der Waals surface area contributed by atoms with Crippen LogP contribution in [0.3, 0.4) is 0 Å². The molecule has 1 amide bonds. The molecule has 26 heavy (non-hydrogen) atoms. The number of alkyl halides is 3. The van der Waals surface area contributed by atoms with Gasteiger partial charge in [-0.1, -0.05) is 12.1 Å². The van der Waals surface area contributed by atoms with Crippen LogP contribution in [0, 0.1) is 16.7 Å². The summed E-state index contributed by atoms with van der Waals surface area (Å²) in [5, 5.41) is 11.7. The van der Waals surface area contributed by atoms with Crippen LogP contribution in [-0.2, 0) is 17.5 Å².